The van der Waals surface area contributed by atoms with E-state index in [-0.39, 0.29) is 28.4 Å². The van der Waals surface area contributed by atoms with Gasteiger partial charge < -0.3 is 9.84 Å². The monoisotopic (exact) mass is 594 g/mol. The van der Waals surface area contributed by atoms with E-state index in [0.717, 1.165) is 17.6 Å². The number of hydrogen-bond donors (Lipinski definition) is 1. The molecule has 0 unspecified atom stereocenters. The van der Waals surface area contributed by atoms with Gasteiger partial charge in [-0.2, -0.15) is 0 Å². The molecule has 0 radical (unpaired) electrons. The van der Waals surface area contributed by atoms with Crippen LogP contribution in [-0.2, 0) is 10.3 Å². The van der Waals surface area contributed by atoms with Gasteiger partial charge in [-0.05, 0) is 54.4 Å². The van der Waals surface area contributed by atoms with Gasteiger partial charge in [-0.1, -0.05) is 96.6 Å². The number of esters is 1. The first kappa shape index (κ1) is 27.6. The average Bonchev–Trinajstić information content (AvgIpc) is 3.46. The van der Waals surface area contributed by atoms with Crippen LogP contribution >= 0.6 is 0 Å². The molecule has 6 heteroatoms. The molecule has 4 atom stereocenters. The van der Waals surface area contributed by atoms with Gasteiger partial charge in [0.1, 0.15) is 11.0 Å². The summed E-state index contributed by atoms with van der Waals surface area (Å²) in [6.45, 7) is 0. The normalized spacial score (nSPS) is 25.9. The number of carbonyl (C=O) groups excluding carboxylic acids is 4. The van der Waals surface area contributed by atoms with Crippen molar-refractivity contribution in [2.45, 2.75) is 36.7 Å². The molecule has 0 amide bonds. The molecule has 4 aliphatic carbocycles. The van der Waals surface area contributed by atoms with Crippen molar-refractivity contribution in [2.75, 3.05) is 7.11 Å². The van der Waals surface area contributed by atoms with E-state index in [0.29, 0.717) is 35.1 Å². The molecule has 1 saturated carbocycles. The minimum absolute atomic E-state index is 0.119. The lowest BCUT2D eigenvalue weighted by atomic mass is 9.46. The van der Waals surface area contributed by atoms with E-state index in [9.17, 15) is 14.7 Å². The van der Waals surface area contributed by atoms with Crippen molar-refractivity contribution < 1.29 is 29.0 Å². The number of carbonyl (C=O) groups is 4. The molecule has 4 aliphatic rings. The molecule has 1 fully saturated rings. The molecule has 222 valence electrons. The molecule has 6 nitrogen and oxygen atoms in total. The highest BCUT2D eigenvalue weighted by atomic mass is 16.5. The number of aliphatic hydroxyl groups is 1. The number of methoxy groups -OCH3 is 1. The summed E-state index contributed by atoms with van der Waals surface area (Å²) >= 11 is 0. The first-order valence-corrected chi connectivity index (χ1v) is 15.4. The van der Waals surface area contributed by atoms with E-state index in [2.05, 4.69) is 12.1 Å². The third-order valence-corrected chi connectivity index (χ3v) is 10.8. The van der Waals surface area contributed by atoms with Gasteiger partial charge in [-0.15, -0.1) is 0 Å². The van der Waals surface area contributed by atoms with Crippen LogP contribution in [-0.4, -0.2) is 35.5 Å². The van der Waals surface area contributed by atoms with E-state index >= 15 is 9.59 Å². The largest absolute Gasteiger partial charge is 0.465 e. The van der Waals surface area contributed by atoms with E-state index < -0.39 is 40.4 Å². The third kappa shape index (κ3) is 3.43. The van der Waals surface area contributed by atoms with Crippen LogP contribution in [0.4, 0.5) is 0 Å². The Morgan fingerprint density at radius 2 is 1.36 bits per heavy atom. The first-order chi connectivity index (χ1) is 21.8. The van der Waals surface area contributed by atoms with Gasteiger partial charge in [0.15, 0.2) is 17.3 Å². The predicted molar refractivity (Wildman–Crippen MR) is 166 cm³/mol. The number of Topliss-reactive ketones (excluding diaryl/α,β-unsaturated/α-hetero) is 3. The summed E-state index contributed by atoms with van der Waals surface area (Å²) < 4.78 is 4.93. The van der Waals surface area contributed by atoms with E-state index in [1.54, 1.807) is 72.8 Å². The van der Waals surface area contributed by atoms with Crippen LogP contribution in [0.25, 0.3) is 0 Å². The zero-order chi connectivity index (χ0) is 31.1. The van der Waals surface area contributed by atoms with Crippen LogP contribution in [0.15, 0.2) is 114 Å². The topological polar surface area (TPSA) is 97.7 Å². The lowest BCUT2D eigenvalue weighted by molar-refractivity contribution is -0.0520. The maximum absolute atomic E-state index is 15.1. The van der Waals surface area contributed by atoms with Crippen molar-refractivity contribution in [1.29, 1.82) is 0 Å². The third-order valence-electron chi connectivity index (χ3n) is 10.8. The van der Waals surface area contributed by atoms with Crippen molar-refractivity contribution in [3.05, 3.63) is 153 Å². The molecule has 0 aromatic heterocycles. The lowest BCUT2D eigenvalue weighted by Gasteiger charge is -2.55. The fourth-order valence-corrected chi connectivity index (χ4v) is 8.95. The van der Waals surface area contributed by atoms with Gasteiger partial charge in [0.2, 0.25) is 0 Å². The van der Waals surface area contributed by atoms with Crippen molar-refractivity contribution in [3.63, 3.8) is 0 Å². The zero-order valence-electron chi connectivity index (χ0n) is 24.7. The smallest absolute Gasteiger partial charge is 0.337 e. The Bertz CT molecular complexity index is 1940. The molecule has 0 aliphatic heterocycles. The molecule has 1 N–H and O–H groups in total. The highest BCUT2D eigenvalue weighted by Crippen LogP contribution is 2.70. The standard InChI is InChI=1S/C39H30O6/c1-45-37(43)24-17-15-23(16-18-24)32-30-21-25(22-9-3-2-4-10-22)19-20-26(30)33-34(40)29-13-7-8-14-31(29)39(33,44)38(32)35(41)27-11-5-6-12-28(27)36(38)42/h2-18,25,30,32,44H,19-21H2,1H3/t25-,30-,32+,39+/m0/s1. The van der Waals surface area contributed by atoms with Crippen LogP contribution in [0.2, 0.25) is 0 Å². The molecule has 0 bridgehead atoms. The van der Waals surface area contributed by atoms with Crippen molar-refractivity contribution in [3.8, 4) is 0 Å². The van der Waals surface area contributed by atoms with Gasteiger partial charge >= 0.3 is 5.97 Å². The Hall–Kier alpha value is -4.94. The minimum atomic E-state index is -2.18. The summed E-state index contributed by atoms with van der Waals surface area (Å²) in [5.74, 6) is -2.87. The summed E-state index contributed by atoms with van der Waals surface area (Å²) in [4.78, 5) is 56.9. The fraction of sp³-hybridized carbons (Fsp3) is 0.231. The number of hydrogen-bond acceptors (Lipinski definition) is 6. The molecule has 1 spiro atoms. The number of ketones is 3. The molecular weight excluding hydrogens is 564 g/mol. The molecule has 4 aromatic rings. The molecule has 4 aromatic carbocycles. The van der Waals surface area contributed by atoms with Crippen molar-refractivity contribution in [1.82, 2.24) is 0 Å². The first-order valence-electron chi connectivity index (χ1n) is 15.4. The Morgan fingerprint density at radius 3 is 2.00 bits per heavy atom. The predicted octanol–water partition coefficient (Wildman–Crippen LogP) is 6.60. The molecule has 0 heterocycles. The van der Waals surface area contributed by atoms with Gasteiger partial charge in [0.05, 0.1) is 12.7 Å². The Morgan fingerprint density at radius 1 is 0.756 bits per heavy atom. The average molecular weight is 595 g/mol. The number of allylic oxidation sites excluding steroid dienone is 1. The highest BCUT2D eigenvalue weighted by molar-refractivity contribution is 6.33. The van der Waals surface area contributed by atoms with E-state index in [1.807, 2.05) is 18.2 Å². The quantitative estimate of drug-likeness (QED) is 0.212. The zero-order valence-corrected chi connectivity index (χ0v) is 24.7. The van der Waals surface area contributed by atoms with Crippen LogP contribution in [0.3, 0.4) is 0 Å². The van der Waals surface area contributed by atoms with E-state index in [4.69, 9.17) is 4.74 Å². The van der Waals surface area contributed by atoms with Crippen LogP contribution in [0, 0.1) is 11.3 Å². The number of ether oxygens (including phenoxy) is 1. The molecule has 8 rings (SSSR count). The summed E-state index contributed by atoms with van der Waals surface area (Å²) in [6, 6.07) is 30.5. The molecule has 45 heavy (non-hydrogen) atoms. The summed E-state index contributed by atoms with van der Waals surface area (Å²) in [5, 5.41) is 13.3. The summed E-state index contributed by atoms with van der Waals surface area (Å²) in [5.41, 5.74) is 0.0641. The number of benzene rings is 4. The maximum Gasteiger partial charge on any atom is 0.337 e. The van der Waals surface area contributed by atoms with Crippen LogP contribution in [0.5, 0.6) is 0 Å². The maximum atomic E-state index is 15.1. The Labute approximate surface area is 260 Å². The number of rotatable bonds is 3. The van der Waals surface area contributed by atoms with Gasteiger partial charge in [0, 0.05) is 33.7 Å². The van der Waals surface area contributed by atoms with Crippen LogP contribution < -0.4 is 0 Å². The van der Waals surface area contributed by atoms with Crippen molar-refractivity contribution >= 4 is 23.3 Å². The highest BCUT2D eigenvalue weighted by Gasteiger charge is 2.76. The van der Waals surface area contributed by atoms with Crippen molar-refractivity contribution in [2.24, 2.45) is 11.3 Å². The second-order valence-corrected chi connectivity index (χ2v) is 12.6. The molecular formula is C39H30O6. The SMILES string of the molecule is COC(=O)c1ccc([C@@H]2[C@H]3C[C@@H](c4ccccc4)CCC3=C3C(=O)c4ccccc4[C@]3(O)C23C(=O)c2ccccc2C3=O)cc1. The Balaban J connectivity index is 1.45. The summed E-state index contributed by atoms with van der Waals surface area (Å²) in [6.07, 6.45) is 1.90. The second kappa shape index (κ2) is 9.78. The summed E-state index contributed by atoms with van der Waals surface area (Å²) in [7, 11) is 1.31. The lowest BCUT2D eigenvalue weighted by Crippen LogP contribution is -2.61. The van der Waals surface area contributed by atoms with E-state index in [1.165, 1.54) is 7.11 Å². The second-order valence-electron chi connectivity index (χ2n) is 12.6. The minimum Gasteiger partial charge on any atom is -0.465 e. The van der Waals surface area contributed by atoms with Gasteiger partial charge in [-0.3, -0.25) is 14.4 Å². The van der Waals surface area contributed by atoms with Crippen LogP contribution in [0.1, 0.15) is 89.2 Å². The number of fused-ring (bicyclic) bond motifs is 6. The van der Waals surface area contributed by atoms with Gasteiger partial charge in [0.25, 0.3) is 0 Å². The molecule has 0 saturated heterocycles. The van der Waals surface area contributed by atoms with Gasteiger partial charge in [-0.25, -0.2) is 4.79 Å². The fourth-order valence-electron chi connectivity index (χ4n) is 8.95. The Kier molecular flexibility index (Phi) is 6.00.